The van der Waals surface area contributed by atoms with Gasteiger partial charge >= 0.3 is 6.09 Å². The van der Waals surface area contributed by atoms with Crippen molar-refractivity contribution in [2.75, 3.05) is 45.2 Å². The topological polar surface area (TPSA) is 60.4 Å². The predicted molar refractivity (Wildman–Crippen MR) is 124 cm³/mol. The Morgan fingerprint density at radius 2 is 2.07 bits per heavy atom. The van der Waals surface area contributed by atoms with E-state index < -0.39 is 5.60 Å². The molecule has 2 heterocycles. The molecule has 1 aromatic rings. The Morgan fingerprint density at radius 1 is 1.32 bits per heavy atom. The quantitative estimate of drug-likeness (QED) is 0.646. The standard InChI is InChI=1S/C20H31N5O2.HI/c1-20(2,3)27-19(26)24-9-10-25-17(14-24)13-22-18(25)21-12-15-7-6-8-16(11-15)23(4)5;/h6-8,11,17H,9-10,12-14H2,1-5H3,(H,21,22);1H. The van der Waals surface area contributed by atoms with Crippen molar-refractivity contribution in [3.63, 3.8) is 0 Å². The number of carbonyl (C=O) groups is 1. The van der Waals surface area contributed by atoms with Crippen LogP contribution in [0.15, 0.2) is 29.3 Å². The van der Waals surface area contributed by atoms with Crippen LogP contribution in [-0.4, -0.2) is 73.8 Å². The van der Waals surface area contributed by atoms with Crippen molar-refractivity contribution < 1.29 is 9.53 Å². The van der Waals surface area contributed by atoms with Crippen molar-refractivity contribution in [2.45, 2.75) is 39.0 Å². The van der Waals surface area contributed by atoms with E-state index in [0.29, 0.717) is 19.6 Å². The number of nitrogens with zero attached hydrogens (tertiary/aromatic N) is 4. The summed E-state index contributed by atoms with van der Waals surface area (Å²) in [6.07, 6.45) is -0.232. The Morgan fingerprint density at radius 3 is 2.75 bits per heavy atom. The summed E-state index contributed by atoms with van der Waals surface area (Å²) in [6, 6.07) is 8.70. The van der Waals surface area contributed by atoms with Gasteiger partial charge in [0.15, 0.2) is 5.96 Å². The van der Waals surface area contributed by atoms with E-state index in [1.165, 1.54) is 11.3 Å². The number of piperazine rings is 1. The third-order valence-corrected chi connectivity index (χ3v) is 4.74. The van der Waals surface area contributed by atoms with Gasteiger partial charge in [0, 0.05) is 46.0 Å². The molecular formula is C20H32IN5O2. The smallest absolute Gasteiger partial charge is 0.410 e. The first-order valence-electron chi connectivity index (χ1n) is 9.52. The largest absolute Gasteiger partial charge is 0.444 e. The molecule has 7 nitrogen and oxygen atoms in total. The third kappa shape index (κ3) is 5.65. The first kappa shape index (κ1) is 22.6. The van der Waals surface area contributed by atoms with E-state index in [4.69, 9.17) is 4.74 Å². The molecule has 1 aromatic carbocycles. The zero-order chi connectivity index (χ0) is 19.6. The van der Waals surface area contributed by atoms with Gasteiger partial charge in [-0.05, 0) is 38.5 Å². The number of guanidine groups is 1. The SMILES string of the molecule is CN(C)c1cccc(CNC2=NCC3CN(C(=O)OC(C)(C)C)CCN23)c1.I. The van der Waals surface area contributed by atoms with Gasteiger partial charge in [0.2, 0.25) is 0 Å². The van der Waals surface area contributed by atoms with Crippen molar-refractivity contribution in [1.29, 1.82) is 0 Å². The number of fused-ring (bicyclic) bond motifs is 1. The number of carbonyl (C=O) groups excluding carboxylic acids is 1. The number of ether oxygens (including phenoxy) is 1. The molecule has 1 amide bonds. The van der Waals surface area contributed by atoms with Gasteiger partial charge in [0.1, 0.15) is 5.60 Å². The second kappa shape index (κ2) is 9.19. The van der Waals surface area contributed by atoms with Crippen LogP contribution in [0.1, 0.15) is 26.3 Å². The van der Waals surface area contributed by atoms with Gasteiger partial charge in [-0.1, -0.05) is 12.1 Å². The summed E-state index contributed by atoms with van der Waals surface area (Å²) in [7, 11) is 4.09. The lowest BCUT2D eigenvalue weighted by Crippen LogP contribution is -2.57. The Balaban J connectivity index is 0.00000280. The number of anilines is 1. The predicted octanol–water partition coefficient (Wildman–Crippen LogP) is 2.75. The summed E-state index contributed by atoms with van der Waals surface area (Å²) in [4.78, 5) is 23.1. The molecule has 0 aromatic heterocycles. The van der Waals surface area contributed by atoms with Gasteiger partial charge in [-0.2, -0.15) is 0 Å². The molecule has 8 heteroatoms. The lowest BCUT2D eigenvalue weighted by atomic mass is 10.2. The lowest BCUT2D eigenvalue weighted by Gasteiger charge is -2.39. The van der Waals surface area contributed by atoms with Crippen molar-refractivity contribution in [2.24, 2.45) is 4.99 Å². The number of hydrogen-bond acceptors (Lipinski definition) is 6. The Kier molecular flexibility index (Phi) is 7.41. The molecular weight excluding hydrogens is 469 g/mol. The lowest BCUT2D eigenvalue weighted by molar-refractivity contribution is 0.0137. The molecule has 156 valence electrons. The van der Waals surface area contributed by atoms with Crippen LogP contribution < -0.4 is 10.2 Å². The Hall–Kier alpha value is -1.71. The molecule has 1 fully saturated rings. The third-order valence-electron chi connectivity index (χ3n) is 4.74. The zero-order valence-corrected chi connectivity index (χ0v) is 19.8. The van der Waals surface area contributed by atoms with Crippen LogP contribution >= 0.6 is 24.0 Å². The Bertz CT molecular complexity index is 717. The fourth-order valence-electron chi connectivity index (χ4n) is 3.35. The van der Waals surface area contributed by atoms with E-state index in [2.05, 4.69) is 44.4 Å². The molecule has 1 saturated heterocycles. The monoisotopic (exact) mass is 501 g/mol. The number of benzene rings is 1. The van der Waals surface area contributed by atoms with Gasteiger partial charge < -0.3 is 24.8 Å². The van der Waals surface area contributed by atoms with E-state index in [1.807, 2.05) is 34.9 Å². The van der Waals surface area contributed by atoms with Gasteiger partial charge in [0.05, 0.1) is 12.6 Å². The normalized spacial score (nSPS) is 18.8. The second-order valence-corrected chi connectivity index (χ2v) is 8.36. The summed E-state index contributed by atoms with van der Waals surface area (Å²) < 4.78 is 5.50. The highest BCUT2D eigenvalue weighted by Gasteiger charge is 2.36. The number of hydrogen-bond donors (Lipinski definition) is 1. The van der Waals surface area contributed by atoms with Crippen molar-refractivity contribution in [3.8, 4) is 0 Å². The maximum Gasteiger partial charge on any atom is 0.410 e. The minimum atomic E-state index is -0.464. The summed E-state index contributed by atoms with van der Waals surface area (Å²) in [6.45, 7) is 9.21. The molecule has 3 rings (SSSR count). The van der Waals surface area contributed by atoms with Crippen LogP contribution in [0.5, 0.6) is 0 Å². The number of nitrogens with one attached hydrogen (secondary N) is 1. The highest BCUT2D eigenvalue weighted by molar-refractivity contribution is 14.0. The van der Waals surface area contributed by atoms with Crippen LogP contribution in [0.4, 0.5) is 10.5 Å². The fraction of sp³-hybridized carbons (Fsp3) is 0.600. The highest BCUT2D eigenvalue weighted by atomic mass is 127. The van der Waals surface area contributed by atoms with Crippen LogP contribution in [0.25, 0.3) is 0 Å². The molecule has 1 N–H and O–H groups in total. The maximum absolute atomic E-state index is 12.3. The average molecular weight is 501 g/mol. The highest BCUT2D eigenvalue weighted by Crippen LogP contribution is 2.19. The van der Waals surface area contributed by atoms with Crippen molar-refractivity contribution in [1.82, 2.24) is 15.1 Å². The molecule has 0 aliphatic carbocycles. The summed E-state index contributed by atoms with van der Waals surface area (Å²) in [5.41, 5.74) is 1.94. The minimum Gasteiger partial charge on any atom is -0.444 e. The molecule has 28 heavy (non-hydrogen) atoms. The van der Waals surface area contributed by atoms with Gasteiger partial charge in [0.25, 0.3) is 0 Å². The number of aliphatic imine (C=N–C) groups is 1. The molecule has 0 bridgehead atoms. The van der Waals surface area contributed by atoms with Crippen molar-refractivity contribution >= 4 is 41.7 Å². The van der Waals surface area contributed by atoms with Crippen LogP contribution in [0.3, 0.4) is 0 Å². The molecule has 1 unspecified atom stereocenters. The zero-order valence-electron chi connectivity index (χ0n) is 17.4. The summed E-state index contributed by atoms with van der Waals surface area (Å²) >= 11 is 0. The molecule has 0 radical (unpaired) electrons. The van der Waals surface area contributed by atoms with E-state index in [0.717, 1.165) is 19.0 Å². The van der Waals surface area contributed by atoms with Crippen LogP contribution in [-0.2, 0) is 11.3 Å². The molecule has 2 aliphatic rings. The molecule has 0 saturated carbocycles. The van der Waals surface area contributed by atoms with E-state index in [1.54, 1.807) is 4.90 Å². The molecule has 2 aliphatic heterocycles. The Labute approximate surface area is 185 Å². The average Bonchev–Trinajstić information content (AvgIpc) is 3.01. The summed E-state index contributed by atoms with van der Waals surface area (Å²) in [5.74, 6) is 0.930. The van der Waals surface area contributed by atoms with Crippen molar-refractivity contribution in [3.05, 3.63) is 29.8 Å². The maximum atomic E-state index is 12.3. The first-order valence-corrected chi connectivity index (χ1v) is 9.52. The fourth-order valence-corrected chi connectivity index (χ4v) is 3.35. The molecule has 0 spiro atoms. The van der Waals surface area contributed by atoms with Crippen LogP contribution in [0.2, 0.25) is 0 Å². The second-order valence-electron chi connectivity index (χ2n) is 8.36. The minimum absolute atomic E-state index is 0. The van der Waals surface area contributed by atoms with Gasteiger partial charge in [-0.3, -0.25) is 4.99 Å². The van der Waals surface area contributed by atoms with E-state index in [9.17, 15) is 4.79 Å². The molecule has 1 atom stereocenters. The summed E-state index contributed by atoms with van der Waals surface area (Å²) in [5, 5.41) is 3.47. The number of amides is 1. The van der Waals surface area contributed by atoms with Gasteiger partial charge in [-0.25, -0.2) is 4.79 Å². The van der Waals surface area contributed by atoms with Crippen LogP contribution in [0, 0.1) is 0 Å². The van der Waals surface area contributed by atoms with E-state index in [-0.39, 0.29) is 36.1 Å². The first-order chi connectivity index (χ1) is 12.7. The number of halogens is 1. The van der Waals surface area contributed by atoms with E-state index >= 15 is 0 Å². The number of rotatable bonds is 3. The van der Waals surface area contributed by atoms with Gasteiger partial charge in [-0.15, -0.1) is 24.0 Å².